The van der Waals surface area contributed by atoms with Crippen LogP contribution in [0.4, 0.5) is 0 Å². The van der Waals surface area contributed by atoms with Gasteiger partial charge in [-0.3, -0.25) is 0 Å². The highest BCUT2D eigenvalue weighted by atomic mass is 16.3. The molecule has 0 aliphatic carbocycles. The summed E-state index contributed by atoms with van der Waals surface area (Å²) in [5, 5.41) is 21.0. The summed E-state index contributed by atoms with van der Waals surface area (Å²) in [5.41, 5.74) is 0.647. The number of hydrogen-bond acceptors (Lipinski definition) is 5. The summed E-state index contributed by atoms with van der Waals surface area (Å²) in [6.07, 6.45) is 9.19. The third-order valence-corrected chi connectivity index (χ3v) is 7.25. The second-order valence-corrected chi connectivity index (χ2v) is 9.36. The van der Waals surface area contributed by atoms with Crippen LogP contribution in [0.1, 0.15) is 83.2 Å². The molecule has 2 aromatic rings. The molecule has 0 spiro atoms. The van der Waals surface area contributed by atoms with Gasteiger partial charge in [-0.15, -0.1) is 0 Å². The molecule has 2 N–H and O–H groups in total. The lowest BCUT2D eigenvalue weighted by atomic mass is 9.71. The molecular formula is C26H39N3O2. The zero-order valence-corrected chi connectivity index (χ0v) is 19.6. The second-order valence-electron chi connectivity index (χ2n) is 9.36. The van der Waals surface area contributed by atoms with E-state index in [1.54, 1.807) is 18.5 Å². The Morgan fingerprint density at radius 1 is 1.10 bits per heavy atom. The van der Waals surface area contributed by atoms with Crippen molar-refractivity contribution in [2.75, 3.05) is 19.6 Å². The standard InChI is InChI=1S/C26H39N3O2/c1-5-9-20(4)19-29-14-12-25(13-15-29,21-10-8-11-23(30)16-21)24-27-17-22(18-28-24)26(31,6-2)7-3/h8,10-11,16-18,20,30-31H,5-7,9,12-15,19H2,1-4H3. The Balaban J connectivity index is 1.90. The first-order chi connectivity index (χ1) is 14.9. The van der Waals surface area contributed by atoms with Crippen LogP contribution in [0.5, 0.6) is 5.75 Å². The zero-order valence-electron chi connectivity index (χ0n) is 19.6. The molecule has 5 nitrogen and oxygen atoms in total. The molecule has 170 valence electrons. The van der Waals surface area contributed by atoms with Crippen molar-refractivity contribution in [1.82, 2.24) is 14.9 Å². The summed E-state index contributed by atoms with van der Waals surface area (Å²) in [6.45, 7) is 11.7. The minimum atomic E-state index is -0.879. The van der Waals surface area contributed by atoms with Gasteiger partial charge in [-0.2, -0.15) is 0 Å². The number of aromatic hydroxyl groups is 1. The molecule has 0 amide bonds. The Kier molecular flexibility index (Phi) is 7.71. The van der Waals surface area contributed by atoms with E-state index in [0.29, 0.717) is 18.8 Å². The first kappa shape index (κ1) is 23.7. The van der Waals surface area contributed by atoms with Crippen molar-refractivity contribution in [2.45, 2.75) is 77.2 Å². The Labute approximate surface area is 187 Å². The van der Waals surface area contributed by atoms with E-state index in [1.165, 1.54) is 12.8 Å². The van der Waals surface area contributed by atoms with E-state index in [1.807, 2.05) is 26.0 Å². The number of hydrogen-bond donors (Lipinski definition) is 2. The van der Waals surface area contributed by atoms with Gasteiger partial charge in [0.2, 0.25) is 0 Å². The topological polar surface area (TPSA) is 69.5 Å². The molecule has 1 atom stereocenters. The van der Waals surface area contributed by atoms with Gasteiger partial charge in [-0.05, 0) is 68.8 Å². The van der Waals surface area contributed by atoms with Gasteiger partial charge in [0.1, 0.15) is 11.6 Å². The SMILES string of the molecule is CCCC(C)CN1CCC(c2cccc(O)c2)(c2ncc(C(O)(CC)CC)cn2)CC1. The molecule has 31 heavy (non-hydrogen) atoms. The van der Waals surface area contributed by atoms with Crippen LogP contribution in [-0.2, 0) is 11.0 Å². The second kappa shape index (κ2) is 10.1. The summed E-state index contributed by atoms with van der Waals surface area (Å²) >= 11 is 0. The molecule has 1 fully saturated rings. The van der Waals surface area contributed by atoms with Gasteiger partial charge in [0, 0.05) is 24.5 Å². The average Bonchev–Trinajstić information content (AvgIpc) is 2.79. The molecule has 1 aromatic heterocycles. The van der Waals surface area contributed by atoms with E-state index in [4.69, 9.17) is 9.97 Å². The summed E-state index contributed by atoms with van der Waals surface area (Å²) in [7, 11) is 0. The number of phenols is 1. The predicted octanol–water partition coefficient (Wildman–Crippen LogP) is 5.01. The molecule has 0 bridgehead atoms. The van der Waals surface area contributed by atoms with Crippen LogP contribution in [0, 0.1) is 5.92 Å². The van der Waals surface area contributed by atoms with Crippen molar-refractivity contribution in [2.24, 2.45) is 5.92 Å². The van der Waals surface area contributed by atoms with Crippen LogP contribution >= 0.6 is 0 Å². The number of piperidine rings is 1. The van der Waals surface area contributed by atoms with Crippen LogP contribution in [0.25, 0.3) is 0 Å². The number of phenolic OH excluding ortho intramolecular Hbond substituents is 1. The molecule has 1 aliphatic heterocycles. The molecule has 1 aromatic carbocycles. The largest absolute Gasteiger partial charge is 0.508 e. The highest BCUT2D eigenvalue weighted by molar-refractivity contribution is 5.39. The van der Waals surface area contributed by atoms with E-state index in [9.17, 15) is 10.2 Å². The number of benzene rings is 1. The Bertz CT molecular complexity index is 825. The van der Waals surface area contributed by atoms with E-state index >= 15 is 0 Å². The highest BCUT2D eigenvalue weighted by Crippen LogP contribution is 2.41. The monoisotopic (exact) mass is 425 g/mol. The number of rotatable bonds is 9. The van der Waals surface area contributed by atoms with Crippen molar-refractivity contribution < 1.29 is 10.2 Å². The average molecular weight is 426 g/mol. The van der Waals surface area contributed by atoms with Crippen molar-refractivity contribution in [3.05, 3.63) is 53.6 Å². The lowest BCUT2D eigenvalue weighted by molar-refractivity contribution is 0.0275. The third kappa shape index (κ3) is 5.09. The maximum Gasteiger partial charge on any atom is 0.138 e. The van der Waals surface area contributed by atoms with Crippen LogP contribution in [0.15, 0.2) is 36.7 Å². The van der Waals surface area contributed by atoms with Gasteiger partial charge >= 0.3 is 0 Å². The van der Waals surface area contributed by atoms with Crippen LogP contribution < -0.4 is 0 Å². The summed E-state index contributed by atoms with van der Waals surface area (Å²) < 4.78 is 0. The molecule has 1 saturated heterocycles. The quantitative estimate of drug-likeness (QED) is 0.591. The molecule has 2 heterocycles. The first-order valence-electron chi connectivity index (χ1n) is 11.9. The number of aliphatic hydroxyl groups is 1. The molecule has 3 rings (SSSR count). The van der Waals surface area contributed by atoms with Crippen molar-refractivity contribution in [3.63, 3.8) is 0 Å². The molecule has 0 radical (unpaired) electrons. The van der Waals surface area contributed by atoms with E-state index in [0.717, 1.165) is 49.4 Å². The molecular weight excluding hydrogens is 386 g/mol. The van der Waals surface area contributed by atoms with E-state index in [-0.39, 0.29) is 11.2 Å². The van der Waals surface area contributed by atoms with Gasteiger partial charge < -0.3 is 15.1 Å². The van der Waals surface area contributed by atoms with Crippen molar-refractivity contribution in [1.29, 1.82) is 0 Å². The summed E-state index contributed by atoms with van der Waals surface area (Å²) in [6, 6.07) is 7.57. The summed E-state index contributed by atoms with van der Waals surface area (Å²) in [4.78, 5) is 12.1. The van der Waals surface area contributed by atoms with E-state index < -0.39 is 5.60 Å². The first-order valence-corrected chi connectivity index (χ1v) is 11.9. The number of likely N-dealkylation sites (tertiary alicyclic amines) is 1. The maximum absolute atomic E-state index is 10.9. The number of aromatic nitrogens is 2. The Hall–Kier alpha value is -1.98. The lowest BCUT2D eigenvalue weighted by Crippen LogP contribution is -2.45. The highest BCUT2D eigenvalue weighted by Gasteiger charge is 2.41. The Morgan fingerprint density at radius 2 is 1.74 bits per heavy atom. The molecule has 1 unspecified atom stereocenters. The minimum Gasteiger partial charge on any atom is -0.508 e. The number of nitrogens with zero attached hydrogens (tertiary/aromatic N) is 3. The third-order valence-electron chi connectivity index (χ3n) is 7.25. The van der Waals surface area contributed by atoms with Gasteiger partial charge in [0.25, 0.3) is 0 Å². The van der Waals surface area contributed by atoms with Gasteiger partial charge in [0.05, 0.1) is 11.0 Å². The van der Waals surface area contributed by atoms with Crippen LogP contribution in [0.3, 0.4) is 0 Å². The normalized spacial score (nSPS) is 18.1. The van der Waals surface area contributed by atoms with Crippen molar-refractivity contribution in [3.8, 4) is 5.75 Å². The molecule has 0 saturated carbocycles. The van der Waals surface area contributed by atoms with Gasteiger partial charge in [-0.1, -0.05) is 46.2 Å². The predicted molar refractivity (Wildman–Crippen MR) is 125 cm³/mol. The van der Waals surface area contributed by atoms with Crippen LogP contribution in [0.2, 0.25) is 0 Å². The van der Waals surface area contributed by atoms with Gasteiger partial charge in [0.15, 0.2) is 0 Å². The minimum absolute atomic E-state index is 0.277. The fourth-order valence-electron chi connectivity index (χ4n) is 5.06. The summed E-state index contributed by atoms with van der Waals surface area (Å²) in [5.74, 6) is 1.77. The molecule has 1 aliphatic rings. The fraction of sp³-hybridized carbons (Fsp3) is 0.615. The smallest absolute Gasteiger partial charge is 0.138 e. The van der Waals surface area contributed by atoms with Crippen LogP contribution in [-0.4, -0.2) is 44.7 Å². The molecule has 5 heteroatoms. The maximum atomic E-state index is 10.9. The van der Waals surface area contributed by atoms with Gasteiger partial charge in [-0.25, -0.2) is 9.97 Å². The van der Waals surface area contributed by atoms with E-state index in [2.05, 4.69) is 24.8 Å². The lowest BCUT2D eigenvalue weighted by Gasteiger charge is -2.42. The zero-order chi connectivity index (χ0) is 22.5. The Morgan fingerprint density at radius 3 is 2.29 bits per heavy atom. The fourth-order valence-corrected chi connectivity index (χ4v) is 5.06. The van der Waals surface area contributed by atoms with Crippen molar-refractivity contribution >= 4 is 0 Å².